The predicted molar refractivity (Wildman–Crippen MR) is 86.0 cm³/mol. The van der Waals surface area contributed by atoms with Gasteiger partial charge in [-0.15, -0.1) is 0 Å². The predicted octanol–water partition coefficient (Wildman–Crippen LogP) is 2.32. The summed E-state index contributed by atoms with van der Waals surface area (Å²) in [6, 6.07) is 1.85. The van der Waals surface area contributed by atoms with Crippen LogP contribution < -0.4 is 15.5 Å². The quantitative estimate of drug-likeness (QED) is 0.879. The third-order valence-corrected chi connectivity index (χ3v) is 4.82. The summed E-state index contributed by atoms with van der Waals surface area (Å²) in [4.78, 5) is 21.8. The molecule has 7 nitrogen and oxygen atoms in total. The van der Waals surface area contributed by atoms with Crippen molar-refractivity contribution in [3.63, 3.8) is 0 Å². The minimum Gasteiger partial charge on any atom is -0.347 e. The third-order valence-electron chi connectivity index (χ3n) is 3.70. The highest BCUT2D eigenvalue weighted by Crippen LogP contribution is 2.35. The number of rotatable bonds is 2. The maximum Gasteiger partial charge on any atom is 0.320 e. The van der Waals surface area contributed by atoms with Gasteiger partial charge in [-0.1, -0.05) is 11.3 Å². The zero-order chi connectivity index (χ0) is 16.4. The van der Waals surface area contributed by atoms with Crippen molar-refractivity contribution in [2.75, 3.05) is 30.4 Å². The van der Waals surface area contributed by atoms with Gasteiger partial charge in [0.15, 0.2) is 16.8 Å². The summed E-state index contributed by atoms with van der Waals surface area (Å²) < 4.78 is 14.5. The summed E-state index contributed by atoms with van der Waals surface area (Å²) in [6.07, 6.45) is 2.82. The zero-order valence-electron chi connectivity index (χ0n) is 12.5. The number of hydrogen-bond acceptors (Lipinski definition) is 6. The zero-order valence-corrected chi connectivity index (χ0v) is 13.3. The molecule has 23 heavy (non-hydrogen) atoms. The molecule has 2 N–H and O–H groups in total. The van der Waals surface area contributed by atoms with Crippen LogP contribution in [0.5, 0.6) is 0 Å². The van der Waals surface area contributed by atoms with E-state index in [1.54, 1.807) is 0 Å². The maximum absolute atomic E-state index is 14.0. The minimum atomic E-state index is -0.529. The van der Waals surface area contributed by atoms with Crippen molar-refractivity contribution in [3.8, 4) is 6.07 Å². The summed E-state index contributed by atoms with van der Waals surface area (Å²) >= 11 is 1.27. The van der Waals surface area contributed by atoms with E-state index < -0.39 is 11.8 Å². The van der Waals surface area contributed by atoms with Crippen molar-refractivity contribution in [2.45, 2.75) is 12.8 Å². The fraction of sp³-hybridized carbons (Fsp3) is 0.429. The van der Waals surface area contributed by atoms with Crippen LogP contribution in [0.15, 0.2) is 6.20 Å². The number of carbonyl (C=O) groups is 1. The molecule has 0 aromatic carbocycles. The molecule has 0 saturated carbocycles. The molecular formula is C14H15FN6OS. The number of hydrogen-bond donors (Lipinski definition) is 2. The molecule has 3 rings (SSSR count). The van der Waals surface area contributed by atoms with Crippen LogP contribution in [-0.2, 0) is 0 Å². The molecule has 0 bridgehead atoms. The van der Waals surface area contributed by atoms with Gasteiger partial charge in [0.05, 0.1) is 18.2 Å². The van der Waals surface area contributed by atoms with Crippen molar-refractivity contribution in [3.05, 3.63) is 12.0 Å². The molecule has 1 aliphatic heterocycles. The number of pyridine rings is 1. The van der Waals surface area contributed by atoms with E-state index in [1.807, 2.05) is 4.90 Å². The SMILES string of the molecule is CNC(=O)Nc1ncc(F)c2nc(N3CCC[C@@H](C#N)C3)sc12. The van der Waals surface area contributed by atoms with Crippen LogP contribution in [-0.4, -0.2) is 36.1 Å². The number of nitrogens with one attached hydrogen (secondary N) is 2. The van der Waals surface area contributed by atoms with Gasteiger partial charge in [0, 0.05) is 20.1 Å². The van der Waals surface area contributed by atoms with Crippen LogP contribution >= 0.6 is 11.3 Å². The first-order valence-corrected chi connectivity index (χ1v) is 8.02. The van der Waals surface area contributed by atoms with Gasteiger partial charge in [0.1, 0.15) is 10.2 Å². The topological polar surface area (TPSA) is 93.9 Å². The molecule has 1 atom stereocenters. The van der Waals surface area contributed by atoms with E-state index in [0.29, 0.717) is 16.4 Å². The molecule has 0 spiro atoms. The highest BCUT2D eigenvalue weighted by atomic mass is 32.1. The van der Waals surface area contributed by atoms with Gasteiger partial charge < -0.3 is 10.2 Å². The standard InChI is InChI=1S/C14H15FN6OS/c1-17-13(22)20-12-11-10(9(15)6-18-12)19-14(23-11)21-4-2-3-8(5-16)7-21/h6,8H,2-4,7H2,1H3,(H2,17,18,20,22)/t8-/m0/s1. The van der Waals surface area contributed by atoms with E-state index in [-0.39, 0.29) is 17.3 Å². The first-order valence-electron chi connectivity index (χ1n) is 7.20. The number of urea groups is 1. The fourth-order valence-corrected chi connectivity index (χ4v) is 3.58. The number of amides is 2. The Kier molecular flexibility index (Phi) is 4.25. The maximum atomic E-state index is 14.0. The number of thiazole rings is 1. The summed E-state index contributed by atoms with van der Waals surface area (Å²) in [5, 5.41) is 14.7. The number of nitriles is 1. The molecule has 120 valence electrons. The number of carbonyl (C=O) groups excluding carboxylic acids is 1. The summed E-state index contributed by atoms with van der Waals surface area (Å²) in [5.41, 5.74) is 0.186. The normalized spacial score (nSPS) is 17.8. The molecule has 2 aromatic rings. The van der Waals surface area contributed by atoms with E-state index in [1.165, 1.54) is 18.4 Å². The van der Waals surface area contributed by atoms with Crippen LogP contribution in [0.3, 0.4) is 0 Å². The Morgan fingerprint density at radius 2 is 2.43 bits per heavy atom. The third kappa shape index (κ3) is 3.03. The number of anilines is 2. The Balaban J connectivity index is 1.97. The average Bonchev–Trinajstić information content (AvgIpc) is 3.04. The van der Waals surface area contributed by atoms with E-state index >= 15 is 0 Å². The number of piperidine rings is 1. The largest absolute Gasteiger partial charge is 0.347 e. The summed E-state index contributed by atoms with van der Waals surface area (Å²) in [7, 11) is 1.49. The lowest BCUT2D eigenvalue weighted by molar-refractivity contribution is 0.254. The molecule has 1 saturated heterocycles. The molecule has 0 unspecified atom stereocenters. The Labute approximate surface area is 136 Å². The second kappa shape index (κ2) is 6.34. The van der Waals surface area contributed by atoms with Crippen LogP contribution in [0.2, 0.25) is 0 Å². The fourth-order valence-electron chi connectivity index (χ4n) is 2.52. The Bertz CT molecular complexity index is 785. The Hall–Kier alpha value is -2.47. The molecular weight excluding hydrogens is 319 g/mol. The number of aromatic nitrogens is 2. The lowest BCUT2D eigenvalue weighted by Crippen LogP contribution is -2.34. The van der Waals surface area contributed by atoms with Crippen molar-refractivity contribution >= 4 is 38.5 Å². The van der Waals surface area contributed by atoms with Crippen molar-refractivity contribution in [1.82, 2.24) is 15.3 Å². The van der Waals surface area contributed by atoms with Gasteiger partial charge in [0.25, 0.3) is 0 Å². The molecule has 2 amide bonds. The van der Waals surface area contributed by atoms with Gasteiger partial charge in [-0.3, -0.25) is 5.32 Å². The molecule has 3 heterocycles. The molecule has 9 heteroatoms. The molecule has 0 aliphatic carbocycles. The van der Waals surface area contributed by atoms with Crippen LogP contribution in [0.4, 0.5) is 20.1 Å². The van der Waals surface area contributed by atoms with E-state index in [2.05, 4.69) is 26.7 Å². The molecule has 1 aliphatic rings. The number of nitrogens with zero attached hydrogens (tertiary/aromatic N) is 4. The van der Waals surface area contributed by atoms with Crippen LogP contribution in [0.25, 0.3) is 10.2 Å². The van der Waals surface area contributed by atoms with Crippen LogP contribution in [0, 0.1) is 23.1 Å². The summed E-state index contributed by atoms with van der Waals surface area (Å²) in [5.74, 6) is -0.292. The first kappa shape index (κ1) is 15.4. The van der Waals surface area contributed by atoms with Crippen molar-refractivity contribution < 1.29 is 9.18 Å². The first-order chi connectivity index (χ1) is 11.1. The van der Waals surface area contributed by atoms with Crippen molar-refractivity contribution in [2.24, 2.45) is 5.92 Å². The second-order valence-electron chi connectivity index (χ2n) is 5.25. The number of fused-ring (bicyclic) bond motifs is 1. The monoisotopic (exact) mass is 334 g/mol. The summed E-state index contributed by atoms with van der Waals surface area (Å²) in [6.45, 7) is 1.37. The highest BCUT2D eigenvalue weighted by Gasteiger charge is 2.24. The second-order valence-corrected chi connectivity index (χ2v) is 6.22. The Morgan fingerprint density at radius 1 is 1.61 bits per heavy atom. The Morgan fingerprint density at radius 3 is 3.17 bits per heavy atom. The van der Waals surface area contributed by atoms with Gasteiger partial charge in [-0.25, -0.2) is 19.2 Å². The smallest absolute Gasteiger partial charge is 0.320 e. The minimum absolute atomic E-state index is 0.0396. The molecule has 1 fully saturated rings. The van der Waals surface area contributed by atoms with Gasteiger partial charge in [-0.2, -0.15) is 5.26 Å². The van der Waals surface area contributed by atoms with Crippen LogP contribution in [0.1, 0.15) is 12.8 Å². The van der Waals surface area contributed by atoms with Gasteiger partial charge in [-0.05, 0) is 12.8 Å². The average molecular weight is 334 g/mol. The van der Waals surface area contributed by atoms with Gasteiger partial charge in [0.2, 0.25) is 0 Å². The highest BCUT2D eigenvalue weighted by molar-refractivity contribution is 7.22. The van der Waals surface area contributed by atoms with Gasteiger partial charge >= 0.3 is 6.03 Å². The lowest BCUT2D eigenvalue weighted by atomic mass is 10.0. The molecule has 0 radical (unpaired) electrons. The lowest BCUT2D eigenvalue weighted by Gasteiger charge is -2.28. The molecule has 2 aromatic heterocycles. The van der Waals surface area contributed by atoms with E-state index in [4.69, 9.17) is 5.26 Å². The number of halogens is 1. The van der Waals surface area contributed by atoms with E-state index in [9.17, 15) is 9.18 Å². The van der Waals surface area contributed by atoms with Crippen molar-refractivity contribution in [1.29, 1.82) is 5.26 Å². The van der Waals surface area contributed by atoms with E-state index in [0.717, 1.165) is 25.6 Å².